The first-order valence-electron chi connectivity index (χ1n) is 4.87. The van der Waals surface area contributed by atoms with Crippen molar-refractivity contribution in [2.45, 2.75) is 24.6 Å². The summed E-state index contributed by atoms with van der Waals surface area (Å²) in [6.07, 6.45) is 0.569. The summed E-state index contributed by atoms with van der Waals surface area (Å²) in [5.74, 6) is -0.762. The second-order valence-electron chi connectivity index (χ2n) is 3.27. The molecule has 1 saturated heterocycles. The predicted octanol–water partition coefficient (Wildman–Crippen LogP) is 0.0978. The van der Waals surface area contributed by atoms with E-state index in [1.165, 1.54) is 11.8 Å². The molecule has 0 saturated carbocycles. The molecule has 1 aliphatic rings. The van der Waals surface area contributed by atoms with Gasteiger partial charge in [0.1, 0.15) is 6.04 Å². The molecule has 0 amide bonds. The van der Waals surface area contributed by atoms with Crippen molar-refractivity contribution in [3.05, 3.63) is 0 Å². The Labute approximate surface area is 92.6 Å². The van der Waals surface area contributed by atoms with Crippen LogP contribution in [-0.2, 0) is 14.3 Å². The molecule has 2 atom stereocenters. The van der Waals surface area contributed by atoms with Crippen molar-refractivity contribution in [1.82, 2.24) is 5.32 Å². The van der Waals surface area contributed by atoms with E-state index in [1.54, 1.807) is 6.92 Å². The average molecular weight is 233 g/mol. The van der Waals surface area contributed by atoms with Crippen LogP contribution in [0.25, 0.3) is 0 Å². The van der Waals surface area contributed by atoms with Crippen LogP contribution in [0.3, 0.4) is 0 Å². The van der Waals surface area contributed by atoms with Crippen molar-refractivity contribution in [2.24, 2.45) is 0 Å². The lowest BCUT2D eigenvalue weighted by Gasteiger charge is -2.07. The Morgan fingerprint density at radius 3 is 2.87 bits per heavy atom. The van der Waals surface area contributed by atoms with Crippen LogP contribution in [0.5, 0.6) is 0 Å². The molecule has 0 bridgehead atoms. The molecular formula is C9H15NO4S. The molecule has 1 heterocycles. The van der Waals surface area contributed by atoms with Crippen LogP contribution in [0.4, 0.5) is 0 Å². The molecule has 0 aliphatic carbocycles. The Morgan fingerprint density at radius 1 is 1.60 bits per heavy atom. The molecule has 15 heavy (non-hydrogen) atoms. The van der Waals surface area contributed by atoms with Gasteiger partial charge in [0.25, 0.3) is 0 Å². The van der Waals surface area contributed by atoms with Crippen LogP contribution in [0.15, 0.2) is 0 Å². The molecule has 1 aliphatic heterocycles. The van der Waals surface area contributed by atoms with Gasteiger partial charge in [0.2, 0.25) is 0 Å². The second kappa shape index (κ2) is 5.97. The standard InChI is InChI=1S/C9H15NO4S/c1-2-14-8(11)5-15-6-3-7(9(12)13)10-4-6/h6-7,10H,2-5H2,1H3,(H,12,13)/t6-,7?/m0/s1. The number of rotatable bonds is 5. The van der Waals surface area contributed by atoms with Crippen molar-refractivity contribution in [2.75, 3.05) is 18.9 Å². The topological polar surface area (TPSA) is 75.6 Å². The van der Waals surface area contributed by atoms with Crippen molar-refractivity contribution < 1.29 is 19.4 Å². The maximum absolute atomic E-state index is 11.0. The summed E-state index contributed by atoms with van der Waals surface area (Å²) in [4.78, 5) is 21.7. The smallest absolute Gasteiger partial charge is 0.320 e. The van der Waals surface area contributed by atoms with Gasteiger partial charge in [-0.15, -0.1) is 11.8 Å². The van der Waals surface area contributed by atoms with Crippen molar-refractivity contribution in [3.8, 4) is 0 Å². The Hall–Kier alpha value is -0.750. The molecule has 2 N–H and O–H groups in total. The molecule has 0 aromatic heterocycles. The first-order chi connectivity index (χ1) is 7.13. The molecule has 86 valence electrons. The second-order valence-corrected chi connectivity index (χ2v) is 4.56. The number of ether oxygens (including phenoxy) is 1. The summed E-state index contributed by atoms with van der Waals surface area (Å²) in [5.41, 5.74) is 0. The highest BCUT2D eigenvalue weighted by atomic mass is 32.2. The summed E-state index contributed by atoms with van der Waals surface area (Å²) < 4.78 is 4.78. The van der Waals surface area contributed by atoms with Crippen LogP contribution >= 0.6 is 11.8 Å². The Kier molecular flexibility index (Phi) is 4.90. The summed E-state index contributed by atoms with van der Waals surface area (Å²) in [5, 5.41) is 11.8. The van der Waals surface area contributed by atoms with E-state index in [2.05, 4.69) is 5.32 Å². The highest BCUT2D eigenvalue weighted by Gasteiger charge is 2.29. The Morgan fingerprint density at radius 2 is 2.33 bits per heavy atom. The first-order valence-corrected chi connectivity index (χ1v) is 5.91. The Bertz CT molecular complexity index is 246. The van der Waals surface area contributed by atoms with Gasteiger partial charge < -0.3 is 15.2 Å². The molecule has 0 spiro atoms. The van der Waals surface area contributed by atoms with Gasteiger partial charge in [0.15, 0.2) is 0 Å². The van der Waals surface area contributed by atoms with Crippen LogP contribution < -0.4 is 5.32 Å². The zero-order valence-corrected chi connectivity index (χ0v) is 9.38. The number of carbonyl (C=O) groups excluding carboxylic acids is 1. The summed E-state index contributed by atoms with van der Waals surface area (Å²) in [6.45, 7) is 2.79. The van der Waals surface area contributed by atoms with Crippen molar-refractivity contribution in [1.29, 1.82) is 0 Å². The van der Waals surface area contributed by atoms with Gasteiger partial charge >= 0.3 is 11.9 Å². The predicted molar refractivity (Wildman–Crippen MR) is 56.9 cm³/mol. The number of nitrogens with one attached hydrogen (secondary N) is 1. The summed E-state index contributed by atoms with van der Waals surface area (Å²) in [6, 6.07) is -0.468. The molecular weight excluding hydrogens is 218 g/mol. The molecule has 0 aromatic carbocycles. The van der Waals surface area contributed by atoms with E-state index >= 15 is 0 Å². The maximum Gasteiger partial charge on any atom is 0.320 e. The molecule has 0 radical (unpaired) electrons. The van der Waals surface area contributed by atoms with Crippen LogP contribution in [0.1, 0.15) is 13.3 Å². The van der Waals surface area contributed by atoms with Crippen molar-refractivity contribution in [3.63, 3.8) is 0 Å². The van der Waals surface area contributed by atoms with Gasteiger partial charge in [-0.1, -0.05) is 0 Å². The van der Waals surface area contributed by atoms with E-state index in [0.29, 0.717) is 25.3 Å². The lowest BCUT2D eigenvalue weighted by Crippen LogP contribution is -2.29. The molecule has 1 rings (SSSR count). The Balaban J connectivity index is 2.19. The van der Waals surface area contributed by atoms with Gasteiger partial charge in [-0.2, -0.15) is 0 Å². The minimum absolute atomic E-state index is 0.190. The highest BCUT2D eigenvalue weighted by molar-refractivity contribution is 8.00. The lowest BCUT2D eigenvalue weighted by atomic mass is 10.2. The molecule has 6 heteroatoms. The number of carbonyl (C=O) groups is 2. The first kappa shape index (κ1) is 12.3. The largest absolute Gasteiger partial charge is 0.480 e. The normalized spacial score (nSPS) is 25.1. The van der Waals surface area contributed by atoms with Gasteiger partial charge in [-0.05, 0) is 13.3 Å². The molecule has 0 aromatic rings. The number of aliphatic carboxylic acids is 1. The molecule has 1 fully saturated rings. The third-order valence-corrected chi connectivity index (χ3v) is 3.36. The van der Waals surface area contributed by atoms with E-state index in [4.69, 9.17) is 9.84 Å². The van der Waals surface area contributed by atoms with E-state index in [1.807, 2.05) is 0 Å². The van der Waals surface area contributed by atoms with Crippen LogP contribution in [-0.4, -0.2) is 47.2 Å². The van der Waals surface area contributed by atoms with Gasteiger partial charge in [0, 0.05) is 11.8 Å². The van der Waals surface area contributed by atoms with Gasteiger partial charge in [-0.25, -0.2) is 0 Å². The quantitative estimate of drug-likeness (QED) is 0.656. The number of hydrogen-bond donors (Lipinski definition) is 2. The average Bonchev–Trinajstić information content (AvgIpc) is 2.63. The number of carboxylic acid groups (broad SMARTS) is 1. The fourth-order valence-corrected chi connectivity index (χ4v) is 2.40. The summed E-state index contributed by atoms with van der Waals surface area (Å²) in [7, 11) is 0. The van der Waals surface area contributed by atoms with E-state index in [9.17, 15) is 9.59 Å². The summed E-state index contributed by atoms with van der Waals surface area (Å²) >= 11 is 1.45. The number of hydrogen-bond acceptors (Lipinski definition) is 5. The van der Waals surface area contributed by atoms with Gasteiger partial charge in [-0.3, -0.25) is 9.59 Å². The van der Waals surface area contributed by atoms with E-state index in [0.717, 1.165) is 0 Å². The maximum atomic E-state index is 11.0. The fourth-order valence-electron chi connectivity index (χ4n) is 1.41. The monoisotopic (exact) mass is 233 g/mol. The molecule has 5 nitrogen and oxygen atoms in total. The van der Waals surface area contributed by atoms with Crippen LogP contribution in [0.2, 0.25) is 0 Å². The van der Waals surface area contributed by atoms with Crippen LogP contribution in [0, 0.1) is 0 Å². The zero-order valence-electron chi connectivity index (χ0n) is 8.56. The SMILES string of the molecule is CCOC(=O)CS[C@@H]1CNC(C(=O)O)C1. The van der Waals surface area contributed by atoms with Crippen molar-refractivity contribution >= 4 is 23.7 Å². The lowest BCUT2D eigenvalue weighted by molar-refractivity contribution is -0.140. The number of thioether (sulfide) groups is 1. The minimum atomic E-state index is -0.825. The fraction of sp³-hybridized carbons (Fsp3) is 0.778. The van der Waals surface area contributed by atoms with Gasteiger partial charge in [0.05, 0.1) is 12.4 Å². The van der Waals surface area contributed by atoms with E-state index in [-0.39, 0.29) is 11.2 Å². The number of carboxylic acids is 1. The zero-order chi connectivity index (χ0) is 11.3. The third-order valence-electron chi connectivity index (χ3n) is 2.13. The minimum Gasteiger partial charge on any atom is -0.480 e. The molecule has 1 unspecified atom stereocenters. The highest BCUT2D eigenvalue weighted by Crippen LogP contribution is 2.21. The van der Waals surface area contributed by atoms with E-state index < -0.39 is 12.0 Å². The number of esters is 1. The third kappa shape index (κ3) is 4.09.